The molecule has 7 heteroatoms. The van der Waals surface area contributed by atoms with Crippen LogP contribution in [0.4, 0.5) is 4.79 Å². The summed E-state index contributed by atoms with van der Waals surface area (Å²) >= 11 is 0. The number of hydrogen-bond donors (Lipinski definition) is 3. The van der Waals surface area contributed by atoms with E-state index in [1.807, 2.05) is 31.2 Å². The third kappa shape index (κ3) is 3.69. The van der Waals surface area contributed by atoms with Gasteiger partial charge < -0.3 is 15.7 Å². The van der Waals surface area contributed by atoms with Gasteiger partial charge in [0.25, 0.3) is 0 Å². The van der Waals surface area contributed by atoms with Gasteiger partial charge in [0.15, 0.2) is 5.65 Å². The lowest BCUT2D eigenvalue weighted by molar-refractivity contribution is 0.173. The molecule has 0 aliphatic heterocycles. The second-order valence-corrected chi connectivity index (χ2v) is 5.53. The van der Waals surface area contributed by atoms with Crippen LogP contribution in [-0.4, -0.2) is 32.3 Å². The monoisotopic (exact) mass is 325 g/mol. The Kier molecular flexibility index (Phi) is 4.72. The topological polar surface area (TPSA) is 91.5 Å². The van der Waals surface area contributed by atoms with Crippen molar-refractivity contribution in [1.29, 1.82) is 0 Å². The number of rotatable bonds is 5. The maximum absolute atomic E-state index is 11.9. The van der Waals surface area contributed by atoms with E-state index in [2.05, 4.69) is 20.7 Å². The summed E-state index contributed by atoms with van der Waals surface area (Å²) in [7, 11) is 0. The molecule has 2 aromatic heterocycles. The zero-order valence-corrected chi connectivity index (χ0v) is 13.3. The van der Waals surface area contributed by atoms with Crippen molar-refractivity contribution >= 4 is 11.7 Å². The number of carbonyl (C=O) groups excluding carboxylic acids is 1. The van der Waals surface area contributed by atoms with Crippen molar-refractivity contribution in [2.24, 2.45) is 0 Å². The Morgan fingerprint density at radius 1 is 1.25 bits per heavy atom. The molecule has 0 saturated carbocycles. The number of amides is 2. The van der Waals surface area contributed by atoms with Gasteiger partial charge in [-0.15, -0.1) is 0 Å². The highest BCUT2D eigenvalue weighted by atomic mass is 16.3. The average Bonchev–Trinajstić information content (AvgIpc) is 3.07. The minimum atomic E-state index is -0.741. The fraction of sp³-hybridized carbons (Fsp3) is 0.235. The van der Waals surface area contributed by atoms with E-state index in [9.17, 15) is 9.90 Å². The summed E-state index contributed by atoms with van der Waals surface area (Å²) in [5.74, 6) is 0. The maximum atomic E-state index is 11.9. The lowest BCUT2D eigenvalue weighted by Crippen LogP contribution is -2.37. The van der Waals surface area contributed by atoms with Crippen LogP contribution in [0.15, 0.2) is 48.8 Å². The number of aromatic nitrogens is 3. The molecule has 2 heterocycles. The summed E-state index contributed by atoms with van der Waals surface area (Å²) in [5.41, 5.74) is 3.39. The first kappa shape index (κ1) is 15.9. The van der Waals surface area contributed by atoms with E-state index in [-0.39, 0.29) is 12.6 Å². The van der Waals surface area contributed by atoms with Gasteiger partial charge in [-0.05, 0) is 18.6 Å². The molecule has 0 saturated heterocycles. The molecule has 7 nitrogen and oxygen atoms in total. The van der Waals surface area contributed by atoms with Crippen molar-refractivity contribution in [1.82, 2.24) is 25.2 Å². The number of aryl methyl sites for hydroxylation is 1. The molecule has 2 amide bonds. The number of carbonyl (C=O) groups is 1. The Morgan fingerprint density at radius 2 is 2.12 bits per heavy atom. The summed E-state index contributed by atoms with van der Waals surface area (Å²) < 4.78 is 1.67. The minimum Gasteiger partial charge on any atom is -0.387 e. The molecule has 24 heavy (non-hydrogen) atoms. The molecule has 1 atom stereocenters. The zero-order valence-electron chi connectivity index (χ0n) is 13.3. The van der Waals surface area contributed by atoms with E-state index in [0.717, 1.165) is 22.5 Å². The third-order valence-corrected chi connectivity index (χ3v) is 3.68. The van der Waals surface area contributed by atoms with Crippen molar-refractivity contribution in [2.45, 2.75) is 19.6 Å². The van der Waals surface area contributed by atoms with E-state index >= 15 is 0 Å². The first-order valence-electron chi connectivity index (χ1n) is 7.67. The Labute approximate surface area is 139 Å². The van der Waals surface area contributed by atoms with Gasteiger partial charge in [0, 0.05) is 18.8 Å². The van der Waals surface area contributed by atoms with Crippen LogP contribution in [0.2, 0.25) is 0 Å². The van der Waals surface area contributed by atoms with Crippen LogP contribution >= 0.6 is 0 Å². The van der Waals surface area contributed by atoms with Crippen molar-refractivity contribution < 1.29 is 9.90 Å². The predicted molar refractivity (Wildman–Crippen MR) is 89.4 cm³/mol. The first-order valence-corrected chi connectivity index (χ1v) is 7.67. The highest BCUT2D eigenvalue weighted by molar-refractivity contribution is 5.73. The number of nitrogens with one attached hydrogen (secondary N) is 2. The van der Waals surface area contributed by atoms with Crippen molar-refractivity contribution in [2.75, 3.05) is 6.54 Å². The van der Waals surface area contributed by atoms with Gasteiger partial charge in [-0.3, -0.25) is 0 Å². The molecular weight excluding hydrogens is 306 g/mol. The molecule has 0 aliphatic carbocycles. The van der Waals surface area contributed by atoms with Gasteiger partial charge in [-0.2, -0.15) is 5.10 Å². The number of aliphatic hydroxyl groups is 1. The molecule has 0 spiro atoms. The first-order chi connectivity index (χ1) is 11.6. The lowest BCUT2D eigenvalue weighted by Gasteiger charge is -2.13. The van der Waals surface area contributed by atoms with Crippen LogP contribution in [0.1, 0.15) is 22.9 Å². The quantitative estimate of drug-likeness (QED) is 0.664. The van der Waals surface area contributed by atoms with E-state index in [0.29, 0.717) is 6.54 Å². The molecular formula is C17H19N5O2. The second-order valence-electron chi connectivity index (χ2n) is 5.53. The molecule has 1 aromatic carbocycles. The average molecular weight is 325 g/mol. The molecule has 124 valence electrons. The van der Waals surface area contributed by atoms with Crippen molar-refractivity contribution in [3.8, 4) is 0 Å². The highest BCUT2D eigenvalue weighted by Gasteiger charge is 2.10. The summed E-state index contributed by atoms with van der Waals surface area (Å²) in [6.07, 6.45) is 2.59. The number of hydrogen-bond acceptors (Lipinski definition) is 4. The van der Waals surface area contributed by atoms with Gasteiger partial charge in [0.1, 0.15) is 0 Å². The molecule has 0 aliphatic rings. The van der Waals surface area contributed by atoms with Gasteiger partial charge in [-0.1, -0.05) is 29.8 Å². The SMILES string of the molecule is Cc1cccc(C(O)CNC(=O)NCc2ccnc3ccnn23)c1. The van der Waals surface area contributed by atoms with E-state index < -0.39 is 6.10 Å². The van der Waals surface area contributed by atoms with E-state index in [1.54, 1.807) is 29.0 Å². The van der Waals surface area contributed by atoms with Crippen LogP contribution in [0.5, 0.6) is 0 Å². The van der Waals surface area contributed by atoms with Gasteiger partial charge in [-0.25, -0.2) is 14.3 Å². The Morgan fingerprint density at radius 3 is 2.96 bits per heavy atom. The fourth-order valence-electron chi connectivity index (χ4n) is 2.44. The summed E-state index contributed by atoms with van der Waals surface area (Å²) in [5, 5.41) is 19.7. The Balaban J connectivity index is 1.52. The van der Waals surface area contributed by atoms with Crippen LogP contribution in [0.25, 0.3) is 5.65 Å². The molecule has 0 bridgehead atoms. The number of benzene rings is 1. The van der Waals surface area contributed by atoms with Crippen molar-refractivity contribution in [3.05, 3.63) is 65.6 Å². The normalized spacial score (nSPS) is 12.1. The van der Waals surface area contributed by atoms with Gasteiger partial charge in [0.05, 0.1) is 24.5 Å². The summed E-state index contributed by atoms with van der Waals surface area (Å²) in [6, 6.07) is 10.8. The summed E-state index contributed by atoms with van der Waals surface area (Å²) in [4.78, 5) is 16.1. The number of fused-ring (bicyclic) bond motifs is 1. The standard InChI is InChI=1S/C17H19N5O2/c1-12-3-2-4-13(9-12)15(23)11-20-17(24)19-10-14-5-7-18-16-6-8-21-22(14)16/h2-9,15,23H,10-11H2,1H3,(H2,19,20,24). The smallest absolute Gasteiger partial charge is 0.315 e. The van der Waals surface area contributed by atoms with E-state index in [4.69, 9.17) is 0 Å². The van der Waals surface area contributed by atoms with Crippen LogP contribution < -0.4 is 10.6 Å². The number of urea groups is 1. The minimum absolute atomic E-state index is 0.142. The van der Waals surface area contributed by atoms with Crippen LogP contribution in [0, 0.1) is 6.92 Å². The molecule has 3 N–H and O–H groups in total. The Hall–Kier alpha value is -2.93. The Bertz CT molecular complexity index is 846. The number of aliphatic hydroxyl groups excluding tert-OH is 1. The molecule has 3 aromatic rings. The molecule has 3 rings (SSSR count). The third-order valence-electron chi connectivity index (χ3n) is 3.68. The van der Waals surface area contributed by atoms with Crippen molar-refractivity contribution in [3.63, 3.8) is 0 Å². The second kappa shape index (κ2) is 7.10. The number of nitrogens with zero attached hydrogens (tertiary/aromatic N) is 3. The van der Waals surface area contributed by atoms with Gasteiger partial charge in [0.2, 0.25) is 0 Å². The largest absolute Gasteiger partial charge is 0.387 e. The fourth-order valence-corrected chi connectivity index (χ4v) is 2.44. The van der Waals surface area contributed by atoms with Crippen LogP contribution in [0.3, 0.4) is 0 Å². The molecule has 1 unspecified atom stereocenters. The van der Waals surface area contributed by atoms with Gasteiger partial charge >= 0.3 is 6.03 Å². The molecule has 0 radical (unpaired) electrons. The highest BCUT2D eigenvalue weighted by Crippen LogP contribution is 2.13. The summed E-state index contributed by atoms with van der Waals surface area (Å²) in [6.45, 7) is 2.41. The predicted octanol–water partition coefficient (Wildman–Crippen LogP) is 1.57. The molecule has 0 fully saturated rings. The maximum Gasteiger partial charge on any atom is 0.315 e. The van der Waals surface area contributed by atoms with Crippen LogP contribution in [-0.2, 0) is 6.54 Å². The zero-order chi connectivity index (χ0) is 16.9. The lowest BCUT2D eigenvalue weighted by atomic mass is 10.1. The van der Waals surface area contributed by atoms with E-state index in [1.165, 1.54) is 0 Å².